The molecule has 0 aromatic heterocycles. The summed E-state index contributed by atoms with van der Waals surface area (Å²) in [5.74, 6) is -1.22. The molecule has 2 rings (SSSR count). The Labute approximate surface area is 160 Å². The average Bonchev–Trinajstić information content (AvgIpc) is 2.65. The third kappa shape index (κ3) is 4.22. The number of hydrogen-bond donors (Lipinski definition) is 2. The van der Waals surface area contributed by atoms with Gasteiger partial charge >= 0.3 is 12.1 Å². The molecule has 8 heteroatoms. The van der Waals surface area contributed by atoms with Crippen molar-refractivity contribution < 1.29 is 37.7 Å². The highest BCUT2D eigenvalue weighted by Gasteiger charge is 2.39. The zero-order valence-electron chi connectivity index (χ0n) is 15.6. The van der Waals surface area contributed by atoms with E-state index in [9.17, 15) is 28.2 Å². The van der Waals surface area contributed by atoms with Gasteiger partial charge in [0.05, 0.1) is 19.8 Å². The summed E-state index contributed by atoms with van der Waals surface area (Å²) >= 11 is 0. The number of aliphatic hydroxyl groups excluding tert-OH is 1. The lowest BCUT2D eigenvalue weighted by molar-refractivity contribution is -0.152. The number of aryl methyl sites for hydroxylation is 1. The van der Waals surface area contributed by atoms with Crippen molar-refractivity contribution >= 4 is 5.97 Å². The number of benzene rings is 2. The van der Waals surface area contributed by atoms with Crippen LogP contribution >= 0.6 is 0 Å². The van der Waals surface area contributed by atoms with E-state index in [4.69, 9.17) is 4.74 Å². The van der Waals surface area contributed by atoms with Gasteiger partial charge in [-0.15, -0.1) is 0 Å². The van der Waals surface area contributed by atoms with E-state index in [1.807, 2.05) is 6.92 Å². The van der Waals surface area contributed by atoms with Gasteiger partial charge < -0.3 is 19.7 Å². The molecule has 0 bridgehead atoms. The summed E-state index contributed by atoms with van der Waals surface area (Å²) in [5.41, 5.74) is -1.34. The van der Waals surface area contributed by atoms with Crippen LogP contribution in [-0.2, 0) is 22.1 Å². The minimum absolute atomic E-state index is 0.214. The van der Waals surface area contributed by atoms with Gasteiger partial charge in [0.25, 0.3) is 0 Å². The van der Waals surface area contributed by atoms with Gasteiger partial charge in [-0.3, -0.25) is 0 Å². The lowest BCUT2D eigenvalue weighted by Gasteiger charge is -2.21. The van der Waals surface area contributed by atoms with Crippen LogP contribution in [0.3, 0.4) is 0 Å². The molecule has 0 saturated carbocycles. The maximum absolute atomic E-state index is 13.6. The first-order valence-corrected chi connectivity index (χ1v) is 8.51. The Balaban J connectivity index is 2.83. The molecule has 1 unspecified atom stereocenters. The number of halogens is 3. The topological polar surface area (TPSA) is 76.0 Å². The lowest BCUT2D eigenvalue weighted by Crippen LogP contribution is -2.20. The summed E-state index contributed by atoms with van der Waals surface area (Å²) in [6, 6.07) is 6.10. The quantitative estimate of drug-likeness (QED) is 0.712. The van der Waals surface area contributed by atoms with Crippen LogP contribution in [0.5, 0.6) is 11.5 Å². The fraction of sp³-hybridized carbons (Fsp3) is 0.350. The molecule has 0 saturated heterocycles. The second-order valence-corrected chi connectivity index (χ2v) is 6.12. The van der Waals surface area contributed by atoms with Crippen molar-refractivity contribution in [3.05, 3.63) is 47.0 Å². The van der Waals surface area contributed by atoms with Crippen molar-refractivity contribution in [2.75, 3.05) is 14.2 Å². The summed E-state index contributed by atoms with van der Waals surface area (Å²) in [6.45, 7) is 1.93. The van der Waals surface area contributed by atoms with E-state index in [1.165, 1.54) is 13.2 Å². The van der Waals surface area contributed by atoms with Gasteiger partial charge in [0, 0.05) is 11.1 Å². The smallest absolute Gasteiger partial charge is 0.416 e. The summed E-state index contributed by atoms with van der Waals surface area (Å²) < 4.78 is 50.3. The number of phenolic OH excluding ortho intramolecular Hbond substituents is 1. The van der Waals surface area contributed by atoms with Crippen LogP contribution in [-0.4, -0.2) is 30.4 Å². The molecule has 0 radical (unpaired) electrons. The zero-order chi connectivity index (χ0) is 21.1. The van der Waals surface area contributed by atoms with Crippen molar-refractivity contribution in [1.82, 2.24) is 0 Å². The van der Waals surface area contributed by atoms with E-state index in [0.29, 0.717) is 18.2 Å². The number of ether oxygens (including phenoxy) is 2. The van der Waals surface area contributed by atoms with Crippen LogP contribution in [0.25, 0.3) is 11.1 Å². The van der Waals surface area contributed by atoms with Crippen molar-refractivity contribution in [1.29, 1.82) is 0 Å². The molecule has 0 fully saturated rings. The lowest BCUT2D eigenvalue weighted by atomic mass is 9.89. The van der Waals surface area contributed by atoms with Crippen molar-refractivity contribution in [3.63, 3.8) is 0 Å². The Morgan fingerprint density at radius 2 is 1.86 bits per heavy atom. The van der Waals surface area contributed by atoms with Crippen molar-refractivity contribution in [3.8, 4) is 22.6 Å². The largest absolute Gasteiger partial charge is 0.507 e. The molecule has 2 N–H and O–H groups in total. The van der Waals surface area contributed by atoms with Gasteiger partial charge in [-0.1, -0.05) is 19.4 Å². The molecule has 0 aliphatic heterocycles. The number of phenols is 1. The fourth-order valence-electron chi connectivity index (χ4n) is 3.07. The van der Waals surface area contributed by atoms with E-state index < -0.39 is 35.1 Å². The van der Waals surface area contributed by atoms with Gasteiger partial charge in [0.15, 0.2) is 6.10 Å². The standard InChI is InChI=1S/C20H21F3O5/c1-4-5-11-10-12(6-9-15(11)27-2)16-14(24)8-7-13(20(21,22)23)17(16)18(25)19(26)28-3/h6-10,18,24-25H,4-5H2,1-3H3. The molecular formula is C20H21F3O5. The maximum Gasteiger partial charge on any atom is 0.416 e. The summed E-state index contributed by atoms with van der Waals surface area (Å²) in [6.07, 6.45) is -5.73. The molecule has 1 atom stereocenters. The highest BCUT2D eigenvalue weighted by Crippen LogP contribution is 2.45. The number of rotatable bonds is 6. The highest BCUT2D eigenvalue weighted by atomic mass is 19.4. The van der Waals surface area contributed by atoms with Gasteiger partial charge in [0.2, 0.25) is 0 Å². The molecule has 5 nitrogen and oxygen atoms in total. The number of methoxy groups -OCH3 is 2. The van der Waals surface area contributed by atoms with Gasteiger partial charge in [-0.25, -0.2) is 4.79 Å². The zero-order valence-corrected chi connectivity index (χ0v) is 15.6. The normalized spacial score (nSPS) is 12.5. The summed E-state index contributed by atoms with van der Waals surface area (Å²) in [7, 11) is 2.43. The minimum Gasteiger partial charge on any atom is -0.507 e. The van der Waals surface area contributed by atoms with E-state index >= 15 is 0 Å². The number of hydrogen-bond acceptors (Lipinski definition) is 5. The van der Waals surface area contributed by atoms with E-state index in [0.717, 1.165) is 25.2 Å². The SMILES string of the molecule is CCCc1cc(-c2c(O)ccc(C(F)(F)F)c2C(O)C(=O)OC)ccc1OC. The van der Waals surface area contributed by atoms with Crippen LogP contribution in [0.2, 0.25) is 0 Å². The highest BCUT2D eigenvalue weighted by molar-refractivity contribution is 5.85. The molecule has 152 valence electrons. The van der Waals surface area contributed by atoms with E-state index in [-0.39, 0.29) is 11.1 Å². The summed E-state index contributed by atoms with van der Waals surface area (Å²) in [4.78, 5) is 11.8. The summed E-state index contributed by atoms with van der Waals surface area (Å²) in [5, 5.41) is 20.6. The predicted molar refractivity (Wildman–Crippen MR) is 96.1 cm³/mol. The van der Waals surface area contributed by atoms with Crippen LogP contribution in [0.1, 0.15) is 36.1 Å². The second-order valence-electron chi connectivity index (χ2n) is 6.12. The van der Waals surface area contributed by atoms with Gasteiger partial charge in [-0.05, 0) is 41.8 Å². The Hall–Kier alpha value is -2.74. The van der Waals surface area contributed by atoms with E-state index in [2.05, 4.69) is 4.74 Å². The Morgan fingerprint density at radius 1 is 1.18 bits per heavy atom. The number of esters is 1. The number of aromatic hydroxyl groups is 1. The van der Waals surface area contributed by atoms with Gasteiger partial charge in [-0.2, -0.15) is 13.2 Å². The number of carbonyl (C=O) groups is 1. The van der Waals surface area contributed by atoms with Crippen LogP contribution < -0.4 is 4.74 Å². The molecule has 0 aliphatic carbocycles. The van der Waals surface area contributed by atoms with Crippen molar-refractivity contribution in [2.24, 2.45) is 0 Å². The molecular weight excluding hydrogens is 377 g/mol. The monoisotopic (exact) mass is 398 g/mol. The second kappa shape index (κ2) is 8.52. The first-order valence-electron chi connectivity index (χ1n) is 8.51. The molecule has 2 aromatic carbocycles. The average molecular weight is 398 g/mol. The molecule has 28 heavy (non-hydrogen) atoms. The fourth-order valence-corrected chi connectivity index (χ4v) is 3.07. The number of carbonyl (C=O) groups excluding carboxylic acids is 1. The Kier molecular flexibility index (Phi) is 6.56. The predicted octanol–water partition coefficient (Wildman–Crippen LogP) is 4.25. The van der Waals surface area contributed by atoms with E-state index in [1.54, 1.807) is 12.1 Å². The third-order valence-corrected chi connectivity index (χ3v) is 4.32. The van der Waals surface area contributed by atoms with Crippen LogP contribution in [0, 0.1) is 0 Å². The van der Waals surface area contributed by atoms with Gasteiger partial charge in [0.1, 0.15) is 11.5 Å². The Morgan fingerprint density at radius 3 is 2.39 bits per heavy atom. The molecule has 0 amide bonds. The third-order valence-electron chi connectivity index (χ3n) is 4.32. The molecule has 0 aliphatic rings. The first-order chi connectivity index (χ1) is 13.1. The first kappa shape index (κ1) is 21.6. The van der Waals surface area contributed by atoms with Crippen LogP contribution in [0.4, 0.5) is 13.2 Å². The molecule has 0 spiro atoms. The maximum atomic E-state index is 13.6. The molecule has 2 aromatic rings. The Bertz CT molecular complexity index is 862. The number of alkyl halides is 3. The van der Waals surface area contributed by atoms with Crippen molar-refractivity contribution in [2.45, 2.75) is 32.0 Å². The number of aliphatic hydroxyl groups is 1. The molecule has 0 heterocycles. The van der Waals surface area contributed by atoms with Crippen LogP contribution in [0.15, 0.2) is 30.3 Å². The minimum atomic E-state index is -4.86.